The number of aliphatic hydroxyl groups is 1. The van der Waals surface area contributed by atoms with Gasteiger partial charge in [0.15, 0.2) is 0 Å². The minimum Gasteiger partial charge on any atom is -0.393 e. The van der Waals surface area contributed by atoms with Gasteiger partial charge in [-0.2, -0.15) is 0 Å². The lowest BCUT2D eigenvalue weighted by Gasteiger charge is -2.61. The van der Waals surface area contributed by atoms with Crippen LogP contribution in [0.4, 0.5) is 0 Å². The molecule has 3 heteroatoms. The number of epoxide rings is 1. The minimum atomic E-state index is -0.290. The monoisotopic (exact) mass is 430 g/mol. The van der Waals surface area contributed by atoms with Gasteiger partial charge in [0.05, 0.1) is 18.3 Å². The van der Waals surface area contributed by atoms with Crippen LogP contribution in [-0.4, -0.2) is 29.2 Å². The van der Waals surface area contributed by atoms with E-state index in [1.54, 1.807) is 0 Å². The van der Waals surface area contributed by atoms with Crippen molar-refractivity contribution in [1.82, 2.24) is 0 Å². The number of aliphatic hydroxyl groups excluding tert-OH is 1. The number of ether oxygens (including phenoxy) is 1. The molecule has 1 heterocycles. The van der Waals surface area contributed by atoms with Gasteiger partial charge in [-0.1, -0.05) is 48.0 Å². The number of carbonyl (C=O) groups is 1. The van der Waals surface area contributed by atoms with E-state index in [0.717, 1.165) is 25.7 Å². The number of ketones is 1. The highest BCUT2D eigenvalue weighted by Crippen LogP contribution is 2.68. The first kappa shape index (κ1) is 22.4. The highest BCUT2D eigenvalue weighted by atomic mass is 16.6. The summed E-state index contributed by atoms with van der Waals surface area (Å²) in [5.41, 5.74) is 0.155. The Labute approximate surface area is 190 Å². The van der Waals surface area contributed by atoms with Crippen molar-refractivity contribution in [3.63, 3.8) is 0 Å². The lowest BCUT2D eigenvalue weighted by molar-refractivity contribution is -0.176. The van der Waals surface area contributed by atoms with Crippen LogP contribution in [-0.2, 0) is 9.53 Å². The fourth-order valence-corrected chi connectivity index (χ4v) is 9.60. The molecule has 176 valence electrons. The van der Waals surface area contributed by atoms with Crippen molar-refractivity contribution in [3.05, 3.63) is 0 Å². The molecule has 0 aromatic rings. The molecule has 0 amide bonds. The van der Waals surface area contributed by atoms with E-state index in [2.05, 4.69) is 41.5 Å². The zero-order valence-corrected chi connectivity index (χ0v) is 20.8. The lowest BCUT2D eigenvalue weighted by Crippen LogP contribution is -2.60. The van der Waals surface area contributed by atoms with Gasteiger partial charge in [0.2, 0.25) is 0 Å². The molecule has 0 spiro atoms. The van der Waals surface area contributed by atoms with E-state index in [4.69, 9.17) is 4.74 Å². The maximum absolute atomic E-state index is 13.3. The van der Waals surface area contributed by atoms with Gasteiger partial charge in [-0.15, -0.1) is 0 Å². The van der Waals surface area contributed by atoms with E-state index in [9.17, 15) is 9.90 Å². The van der Waals surface area contributed by atoms with Crippen molar-refractivity contribution < 1.29 is 14.6 Å². The predicted molar refractivity (Wildman–Crippen MR) is 123 cm³/mol. The predicted octanol–water partition coefficient (Wildman–Crippen LogP) is 5.88. The Morgan fingerprint density at radius 3 is 2.42 bits per heavy atom. The molecule has 4 unspecified atom stereocenters. The van der Waals surface area contributed by atoms with E-state index < -0.39 is 0 Å². The topological polar surface area (TPSA) is 49.8 Å². The number of rotatable bonds is 4. The fraction of sp³-hybridized carbons (Fsp3) is 0.964. The maximum Gasteiger partial charge on any atom is 0.136 e. The summed E-state index contributed by atoms with van der Waals surface area (Å²) in [5, 5.41) is 11.1. The third-order valence-corrected chi connectivity index (χ3v) is 11.9. The van der Waals surface area contributed by atoms with E-state index in [1.807, 2.05) is 0 Å². The molecule has 4 aliphatic carbocycles. The van der Waals surface area contributed by atoms with E-state index in [0.29, 0.717) is 64.8 Å². The SMILES string of the molecule is CC(C)[C@H](C)C1OC1[C@@H](C)[C@H]1CC[C@H]2[C@@H]3CC(=O)C4CCCC(O)[C@]4(C)[C@H]3CC[C@]12C. The van der Waals surface area contributed by atoms with Crippen LogP contribution in [0.25, 0.3) is 0 Å². The molecule has 1 N–H and O–H groups in total. The second-order valence-corrected chi connectivity index (χ2v) is 13.2. The first-order valence-corrected chi connectivity index (χ1v) is 13.5. The highest BCUT2D eigenvalue weighted by molar-refractivity contribution is 5.83. The Hall–Kier alpha value is -0.410. The van der Waals surface area contributed by atoms with Gasteiger partial charge in [0, 0.05) is 17.8 Å². The standard InChI is InChI=1S/C28H46O3/c1-15(2)16(3)25-26(31-25)17(4)19-10-11-20-18-14-23(29)22-8-7-9-24(30)28(22,6)21(18)12-13-27(19,20)5/h15-22,24-26,30H,7-14H2,1-6H3/t16-,17-,18-,19+,20-,21-,22?,24?,25?,26?,27+,28+/m0/s1. The molecule has 31 heavy (non-hydrogen) atoms. The van der Waals surface area contributed by atoms with Gasteiger partial charge in [-0.25, -0.2) is 0 Å². The quantitative estimate of drug-likeness (QED) is 0.567. The summed E-state index contributed by atoms with van der Waals surface area (Å²) in [4.78, 5) is 13.3. The zero-order chi connectivity index (χ0) is 22.3. The summed E-state index contributed by atoms with van der Waals surface area (Å²) >= 11 is 0. The van der Waals surface area contributed by atoms with Gasteiger partial charge in [-0.3, -0.25) is 4.79 Å². The largest absolute Gasteiger partial charge is 0.393 e. The van der Waals surface area contributed by atoms with Gasteiger partial charge >= 0.3 is 0 Å². The van der Waals surface area contributed by atoms with Crippen molar-refractivity contribution in [2.24, 2.45) is 58.2 Å². The number of carbonyl (C=O) groups excluding carboxylic acids is 1. The average molecular weight is 431 g/mol. The van der Waals surface area contributed by atoms with Crippen LogP contribution >= 0.6 is 0 Å². The Balaban J connectivity index is 1.36. The molecule has 0 aromatic carbocycles. The smallest absolute Gasteiger partial charge is 0.136 e. The van der Waals surface area contributed by atoms with Gasteiger partial charge in [0.1, 0.15) is 5.78 Å². The molecule has 0 radical (unpaired) electrons. The molecule has 3 nitrogen and oxygen atoms in total. The molecule has 1 aliphatic heterocycles. The molecule has 4 saturated carbocycles. The van der Waals surface area contributed by atoms with Crippen molar-refractivity contribution in [1.29, 1.82) is 0 Å². The number of Topliss-reactive ketones (excluding diaryl/α,β-unsaturated/α-hetero) is 1. The van der Waals surface area contributed by atoms with Gasteiger partial charge in [-0.05, 0) is 85.4 Å². The normalized spacial score (nSPS) is 53.5. The van der Waals surface area contributed by atoms with E-state index in [1.165, 1.54) is 25.7 Å². The Kier molecular flexibility index (Phi) is 5.45. The van der Waals surface area contributed by atoms with Crippen LogP contribution in [0, 0.1) is 58.2 Å². The van der Waals surface area contributed by atoms with Crippen molar-refractivity contribution >= 4 is 5.78 Å². The second kappa shape index (κ2) is 7.55. The zero-order valence-electron chi connectivity index (χ0n) is 20.8. The van der Waals surface area contributed by atoms with Crippen LogP contribution in [0.1, 0.15) is 92.9 Å². The molecular weight excluding hydrogens is 384 g/mol. The Morgan fingerprint density at radius 1 is 0.968 bits per heavy atom. The third-order valence-electron chi connectivity index (χ3n) is 11.9. The van der Waals surface area contributed by atoms with Crippen molar-refractivity contribution in [3.8, 4) is 0 Å². The molecule has 5 rings (SSSR count). The molecule has 12 atom stereocenters. The highest BCUT2D eigenvalue weighted by Gasteiger charge is 2.65. The second-order valence-electron chi connectivity index (χ2n) is 13.2. The number of hydrogen-bond acceptors (Lipinski definition) is 3. The van der Waals surface area contributed by atoms with Crippen LogP contribution in [0.2, 0.25) is 0 Å². The number of hydrogen-bond donors (Lipinski definition) is 1. The van der Waals surface area contributed by atoms with Crippen molar-refractivity contribution in [2.45, 2.75) is 111 Å². The van der Waals surface area contributed by atoms with Crippen LogP contribution in [0.3, 0.4) is 0 Å². The maximum atomic E-state index is 13.3. The third kappa shape index (κ3) is 3.15. The number of fused-ring (bicyclic) bond motifs is 5. The van der Waals surface area contributed by atoms with E-state index in [-0.39, 0.29) is 17.4 Å². The average Bonchev–Trinajstić information content (AvgIpc) is 3.43. The molecular formula is C28H46O3. The summed E-state index contributed by atoms with van der Waals surface area (Å²) in [5.74, 6) is 4.88. The summed E-state index contributed by atoms with van der Waals surface area (Å²) in [7, 11) is 0. The lowest BCUT2D eigenvalue weighted by atomic mass is 9.43. The molecule has 0 bridgehead atoms. The molecule has 0 aromatic heterocycles. The molecule has 5 fully saturated rings. The summed E-state index contributed by atoms with van der Waals surface area (Å²) in [6.07, 6.45) is 9.33. The fourth-order valence-electron chi connectivity index (χ4n) is 9.60. The summed E-state index contributed by atoms with van der Waals surface area (Å²) < 4.78 is 6.28. The molecule has 1 saturated heterocycles. The first-order chi connectivity index (χ1) is 14.6. The molecule has 5 aliphatic rings. The van der Waals surface area contributed by atoms with Crippen molar-refractivity contribution in [2.75, 3.05) is 0 Å². The first-order valence-electron chi connectivity index (χ1n) is 13.5. The van der Waals surface area contributed by atoms with Crippen LogP contribution < -0.4 is 0 Å². The Morgan fingerprint density at radius 2 is 1.71 bits per heavy atom. The summed E-state index contributed by atoms with van der Waals surface area (Å²) in [6, 6.07) is 0. The van der Waals surface area contributed by atoms with Crippen LogP contribution in [0.5, 0.6) is 0 Å². The Bertz CT molecular complexity index is 717. The summed E-state index contributed by atoms with van der Waals surface area (Å²) in [6.45, 7) is 14.3. The van der Waals surface area contributed by atoms with Crippen LogP contribution in [0.15, 0.2) is 0 Å². The minimum absolute atomic E-state index is 0.108. The van der Waals surface area contributed by atoms with E-state index >= 15 is 0 Å². The van der Waals surface area contributed by atoms with Gasteiger partial charge in [0.25, 0.3) is 0 Å². The van der Waals surface area contributed by atoms with Gasteiger partial charge < -0.3 is 9.84 Å².